The topological polar surface area (TPSA) is 95.9 Å². The maximum absolute atomic E-state index is 11.6. The molecule has 0 heterocycles. The highest BCUT2D eigenvalue weighted by molar-refractivity contribution is 5.73. The van der Waals surface area contributed by atoms with Gasteiger partial charge in [-0.05, 0) is 74.2 Å². The van der Waals surface area contributed by atoms with Gasteiger partial charge >= 0.3 is 11.9 Å². The van der Waals surface area contributed by atoms with Crippen molar-refractivity contribution in [2.75, 3.05) is 13.1 Å². The van der Waals surface area contributed by atoms with E-state index in [-0.39, 0.29) is 19.3 Å². The number of phenolic OH excluding ortho intramolecular Hbond substituents is 1. The summed E-state index contributed by atoms with van der Waals surface area (Å²) in [4.78, 5) is 22.1. The highest BCUT2D eigenvalue weighted by Crippen LogP contribution is 2.14. The molecule has 0 atom stereocenters. The molecule has 0 spiro atoms. The lowest BCUT2D eigenvalue weighted by atomic mass is 10.1. The van der Waals surface area contributed by atoms with Gasteiger partial charge in [-0.25, -0.2) is 0 Å². The van der Waals surface area contributed by atoms with Crippen LogP contribution in [0, 0.1) is 0 Å². The fraction of sp³-hybridized carbons (Fsp3) is 0.364. The highest BCUT2D eigenvalue weighted by atomic mass is 16.5. The number of aryl methyl sites for hydroxylation is 1. The van der Waals surface area contributed by atoms with Gasteiger partial charge in [0.2, 0.25) is 0 Å². The third-order valence-corrected chi connectivity index (χ3v) is 4.27. The van der Waals surface area contributed by atoms with E-state index in [4.69, 9.17) is 9.84 Å². The molecule has 0 aliphatic heterocycles. The van der Waals surface area contributed by atoms with Crippen LogP contribution < -0.4 is 10.1 Å². The normalized spacial score (nSPS) is 10.6. The van der Waals surface area contributed by atoms with Gasteiger partial charge in [0, 0.05) is 12.8 Å². The van der Waals surface area contributed by atoms with Gasteiger partial charge in [0.05, 0.1) is 0 Å². The molecule has 0 aliphatic rings. The number of benzene rings is 2. The van der Waals surface area contributed by atoms with E-state index in [2.05, 4.69) is 5.32 Å². The lowest BCUT2D eigenvalue weighted by Crippen LogP contribution is -2.19. The molecule has 0 radical (unpaired) electrons. The Labute approximate surface area is 165 Å². The van der Waals surface area contributed by atoms with Gasteiger partial charge in [-0.3, -0.25) is 9.59 Å². The monoisotopic (exact) mass is 385 g/mol. The van der Waals surface area contributed by atoms with E-state index in [1.165, 1.54) is 5.56 Å². The summed E-state index contributed by atoms with van der Waals surface area (Å²) in [6.45, 7) is 1.79. The van der Waals surface area contributed by atoms with Crippen molar-refractivity contribution in [2.45, 2.75) is 38.5 Å². The molecule has 2 aromatic carbocycles. The molecule has 6 nitrogen and oxygen atoms in total. The van der Waals surface area contributed by atoms with E-state index >= 15 is 0 Å². The minimum absolute atomic E-state index is 0.0318. The summed E-state index contributed by atoms with van der Waals surface area (Å²) in [5, 5.41) is 21.2. The highest BCUT2D eigenvalue weighted by Gasteiger charge is 2.06. The molecule has 0 fully saturated rings. The fourth-order valence-corrected chi connectivity index (χ4v) is 2.73. The maximum Gasteiger partial charge on any atom is 0.311 e. The summed E-state index contributed by atoms with van der Waals surface area (Å²) in [5.74, 6) is -0.554. The predicted molar refractivity (Wildman–Crippen MR) is 107 cm³/mol. The van der Waals surface area contributed by atoms with Crippen LogP contribution in [0.4, 0.5) is 0 Å². The number of nitrogens with one attached hydrogen (secondary N) is 1. The molecular weight excluding hydrogens is 358 g/mol. The van der Waals surface area contributed by atoms with E-state index in [9.17, 15) is 14.7 Å². The molecule has 0 unspecified atom stereocenters. The first kappa shape index (κ1) is 21.4. The van der Waals surface area contributed by atoms with Gasteiger partial charge in [-0.15, -0.1) is 0 Å². The van der Waals surface area contributed by atoms with Crippen LogP contribution in [0.15, 0.2) is 48.5 Å². The number of carboxylic acid groups (broad SMARTS) is 1. The number of phenols is 1. The van der Waals surface area contributed by atoms with E-state index in [0.717, 1.165) is 37.9 Å². The molecule has 2 aromatic rings. The Morgan fingerprint density at radius 3 is 2.14 bits per heavy atom. The first-order valence-corrected chi connectivity index (χ1v) is 9.53. The Bertz CT molecular complexity index is 741. The van der Waals surface area contributed by atoms with E-state index < -0.39 is 11.9 Å². The summed E-state index contributed by atoms with van der Waals surface area (Å²) in [7, 11) is 0. The smallest absolute Gasteiger partial charge is 0.311 e. The Hall–Kier alpha value is -2.86. The first-order chi connectivity index (χ1) is 13.5. The van der Waals surface area contributed by atoms with Crippen molar-refractivity contribution in [1.82, 2.24) is 5.32 Å². The second kappa shape index (κ2) is 11.8. The summed E-state index contributed by atoms with van der Waals surface area (Å²) in [6, 6.07) is 14.7. The number of hydrogen-bond donors (Lipinski definition) is 3. The van der Waals surface area contributed by atoms with Crippen molar-refractivity contribution in [2.24, 2.45) is 0 Å². The number of esters is 1. The third-order valence-electron chi connectivity index (χ3n) is 4.27. The van der Waals surface area contributed by atoms with Crippen molar-refractivity contribution in [1.29, 1.82) is 0 Å². The molecule has 28 heavy (non-hydrogen) atoms. The zero-order valence-corrected chi connectivity index (χ0v) is 15.9. The quantitative estimate of drug-likeness (QED) is 0.295. The van der Waals surface area contributed by atoms with Crippen LogP contribution in [-0.2, 0) is 22.4 Å². The first-order valence-electron chi connectivity index (χ1n) is 9.53. The average Bonchev–Trinajstić information content (AvgIpc) is 2.67. The van der Waals surface area contributed by atoms with Crippen molar-refractivity contribution in [3.05, 3.63) is 59.7 Å². The van der Waals surface area contributed by atoms with Crippen LogP contribution in [0.5, 0.6) is 11.5 Å². The molecule has 3 N–H and O–H groups in total. The van der Waals surface area contributed by atoms with Crippen molar-refractivity contribution >= 4 is 11.9 Å². The molecule has 0 bridgehead atoms. The minimum atomic E-state index is -0.911. The third kappa shape index (κ3) is 8.68. The predicted octanol–water partition coefficient (Wildman–Crippen LogP) is 3.32. The summed E-state index contributed by atoms with van der Waals surface area (Å²) >= 11 is 0. The minimum Gasteiger partial charge on any atom is -0.508 e. The summed E-state index contributed by atoms with van der Waals surface area (Å²) in [6.07, 6.45) is 3.23. The lowest BCUT2D eigenvalue weighted by Gasteiger charge is -2.07. The Morgan fingerprint density at radius 2 is 1.46 bits per heavy atom. The van der Waals surface area contributed by atoms with Gasteiger partial charge in [-0.1, -0.05) is 24.3 Å². The molecule has 6 heteroatoms. The molecule has 150 valence electrons. The van der Waals surface area contributed by atoms with Crippen molar-refractivity contribution < 1.29 is 24.5 Å². The van der Waals surface area contributed by atoms with Crippen molar-refractivity contribution in [3.8, 4) is 11.5 Å². The maximum atomic E-state index is 11.6. The van der Waals surface area contributed by atoms with Crippen LogP contribution in [0.1, 0.15) is 36.8 Å². The fourth-order valence-electron chi connectivity index (χ4n) is 2.73. The van der Waals surface area contributed by atoms with E-state index in [1.54, 1.807) is 24.3 Å². The summed E-state index contributed by atoms with van der Waals surface area (Å²) < 4.78 is 5.20. The lowest BCUT2D eigenvalue weighted by molar-refractivity contribution is -0.137. The molecule has 0 aliphatic carbocycles. The number of aliphatic carboxylic acids is 1. The molecule has 0 amide bonds. The number of carbonyl (C=O) groups excluding carboxylic acids is 1. The van der Waals surface area contributed by atoms with Gasteiger partial charge in [-0.2, -0.15) is 0 Å². The number of carbonyl (C=O) groups is 2. The van der Waals surface area contributed by atoms with Gasteiger partial charge in [0.1, 0.15) is 11.5 Å². The zero-order chi connectivity index (χ0) is 20.2. The van der Waals surface area contributed by atoms with E-state index in [1.807, 2.05) is 24.3 Å². The van der Waals surface area contributed by atoms with Gasteiger partial charge < -0.3 is 20.3 Å². The molecule has 0 saturated carbocycles. The second-order valence-electron chi connectivity index (χ2n) is 6.64. The van der Waals surface area contributed by atoms with Crippen LogP contribution in [0.3, 0.4) is 0 Å². The average molecular weight is 385 g/mol. The number of hydrogen-bond acceptors (Lipinski definition) is 5. The van der Waals surface area contributed by atoms with Gasteiger partial charge in [0.15, 0.2) is 0 Å². The number of ether oxygens (including phenoxy) is 1. The molecule has 2 rings (SSSR count). The Balaban J connectivity index is 1.58. The van der Waals surface area contributed by atoms with Crippen LogP contribution in [0.25, 0.3) is 0 Å². The summed E-state index contributed by atoms with van der Waals surface area (Å²) in [5.41, 5.74) is 2.37. The number of aromatic hydroxyl groups is 1. The van der Waals surface area contributed by atoms with Gasteiger partial charge in [0.25, 0.3) is 0 Å². The Morgan fingerprint density at radius 1 is 0.821 bits per heavy atom. The van der Waals surface area contributed by atoms with Crippen LogP contribution in [-0.4, -0.2) is 35.2 Å². The number of rotatable bonds is 12. The van der Waals surface area contributed by atoms with Crippen molar-refractivity contribution in [3.63, 3.8) is 0 Å². The SMILES string of the molecule is O=C(O)CCCC(=O)Oc1ccc(CCNCCCc2ccc(O)cc2)cc1. The number of carboxylic acids is 1. The zero-order valence-electron chi connectivity index (χ0n) is 15.9. The standard InChI is InChI=1S/C22H27NO5/c24-19-10-6-17(7-11-19)3-2-15-23-16-14-18-8-12-20(13-9-18)28-22(27)5-1-4-21(25)26/h6-13,23-24H,1-5,14-16H2,(H,25,26). The molecular formula is C22H27NO5. The molecule has 0 aromatic heterocycles. The largest absolute Gasteiger partial charge is 0.508 e. The van der Waals surface area contributed by atoms with Crippen LogP contribution in [0.2, 0.25) is 0 Å². The van der Waals surface area contributed by atoms with E-state index in [0.29, 0.717) is 11.5 Å². The second-order valence-corrected chi connectivity index (χ2v) is 6.64. The van der Waals surface area contributed by atoms with Crippen LogP contribution >= 0.6 is 0 Å². The molecule has 0 saturated heterocycles. The Kier molecular flexibility index (Phi) is 9.01.